The third-order valence-electron chi connectivity index (χ3n) is 4.34. The number of carbonyl (C=O) groups is 2. The Kier molecular flexibility index (Phi) is 5.96. The third-order valence-corrected chi connectivity index (χ3v) is 4.58. The number of halogens is 2. The number of nitrogens with zero attached hydrogens (tertiary/aromatic N) is 1. The lowest BCUT2D eigenvalue weighted by Crippen LogP contribution is -2.32. The van der Waals surface area contributed by atoms with Crippen LogP contribution in [0, 0.1) is 5.82 Å². The highest BCUT2D eigenvalue weighted by atomic mass is 35.5. The lowest BCUT2D eigenvalue weighted by Gasteiger charge is -2.20. The number of amides is 2. The minimum atomic E-state index is -0.888. The molecule has 27 heavy (non-hydrogen) atoms. The van der Waals surface area contributed by atoms with E-state index >= 15 is 0 Å². The maximum atomic E-state index is 13.3. The fourth-order valence-corrected chi connectivity index (χ4v) is 3.10. The first kappa shape index (κ1) is 19.2. The zero-order valence-corrected chi connectivity index (χ0v) is 15.6. The number of carbonyl (C=O) groups excluding carboxylic acids is 2. The molecule has 0 aliphatic carbocycles. The number of hydrogen-bond acceptors (Lipinski definition) is 3. The van der Waals surface area contributed by atoms with Crippen LogP contribution in [-0.2, 0) is 4.79 Å². The topological polar surface area (TPSA) is 58.6 Å². The van der Waals surface area contributed by atoms with Crippen molar-refractivity contribution in [2.45, 2.75) is 25.9 Å². The van der Waals surface area contributed by atoms with Gasteiger partial charge in [-0.25, -0.2) is 4.39 Å². The third kappa shape index (κ3) is 4.77. The van der Waals surface area contributed by atoms with E-state index in [0.717, 1.165) is 12.8 Å². The molecular weight excluding hydrogens is 371 g/mol. The summed E-state index contributed by atoms with van der Waals surface area (Å²) in [5.41, 5.74) is 0.715. The van der Waals surface area contributed by atoms with Gasteiger partial charge in [-0.2, -0.15) is 0 Å². The van der Waals surface area contributed by atoms with Gasteiger partial charge in [0.2, 0.25) is 0 Å². The Morgan fingerprint density at radius 3 is 2.63 bits per heavy atom. The molecule has 5 nitrogen and oxygen atoms in total. The van der Waals surface area contributed by atoms with Gasteiger partial charge in [0, 0.05) is 24.2 Å². The number of nitrogens with one attached hydrogen (secondary N) is 1. The molecule has 1 saturated heterocycles. The Labute approximate surface area is 162 Å². The zero-order valence-electron chi connectivity index (χ0n) is 14.9. The van der Waals surface area contributed by atoms with Crippen molar-refractivity contribution in [2.75, 3.05) is 18.4 Å². The zero-order chi connectivity index (χ0) is 19.4. The SMILES string of the molecule is CC(Oc1cccc(F)c1)C(=O)Nc1cc(Cl)ccc1C(=O)N1CCCC1. The molecule has 7 heteroatoms. The van der Waals surface area contributed by atoms with Crippen molar-refractivity contribution >= 4 is 29.1 Å². The number of ether oxygens (including phenoxy) is 1. The molecule has 0 saturated carbocycles. The number of anilines is 1. The monoisotopic (exact) mass is 390 g/mol. The molecule has 1 N–H and O–H groups in total. The van der Waals surface area contributed by atoms with Gasteiger partial charge in [0.15, 0.2) is 6.10 Å². The van der Waals surface area contributed by atoms with Crippen LogP contribution < -0.4 is 10.1 Å². The minimum Gasteiger partial charge on any atom is -0.481 e. The van der Waals surface area contributed by atoms with E-state index in [-0.39, 0.29) is 11.7 Å². The molecule has 3 rings (SSSR count). The summed E-state index contributed by atoms with van der Waals surface area (Å²) >= 11 is 6.04. The highest BCUT2D eigenvalue weighted by Crippen LogP contribution is 2.25. The van der Waals surface area contributed by atoms with Crippen LogP contribution in [0.5, 0.6) is 5.75 Å². The first-order chi connectivity index (χ1) is 12.9. The Balaban J connectivity index is 1.74. The summed E-state index contributed by atoms with van der Waals surface area (Å²) in [5.74, 6) is -0.805. The van der Waals surface area contributed by atoms with Crippen LogP contribution in [-0.4, -0.2) is 35.9 Å². The Morgan fingerprint density at radius 2 is 1.93 bits per heavy atom. The van der Waals surface area contributed by atoms with Gasteiger partial charge < -0.3 is 15.0 Å². The van der Waals surface area contributed by atoms with Crippen molar-refractivity contribution in [2.24, 2.45) is 0 Å². The Bertz CT molecular complexity index is 853. The van der Waals surface area contributed by atoms with Crippen LogP contribution in [0.25, 0.3) is 0 Å². The average Bonchev–Trinajstić information content (AvgIpc) is 3.16. The van der Waals surface area contributed by atoms with Crippen LogP contribution in [0.2, 0.25) is 5.02 Å². The summed E-state index contributed by atoms with van der Waals surface area (Å²) in [5, 5.41) is 3.11. The molecule has 1 unspecified atom stereocenters. The predicted octanol–water partition coefficient (Wildman–Crippen LogP) is 4.12. The summed E-state index contributed by atoms with van der Waals surface area (Å²) in [6.07, 6.45) is 1.06. The summed E-state index contributed by atoms with van der Waals surface area (Å²) in [6, 6.07) is 10.3. The van der Waals surface area contributed by atoms with E-state index in [9.17, 15) is 14.0 Å². The second-order valence-corrected chi connectivity index (χ2v) is 6.83. The van der Waals surface area contributed by atoms with Gasteiger partial charge in [0.25, 0.3) is 11.8 Å². The summed E-state index contributed by atoms with van der Waals surface area (Å²) in [6.45, 7) is 2.95. The highest BCUT2D eigenvalue weighted by molar-refractivity contribution is 6.31. The van der Waals surface area contributed by atoms with Crippen LogP contribution in [0.3, 0.4) is 0 Å². The molecule has 0 aromatic heterocycles. The van der Waals surface area contributed by atoms with Gasteiger partial charge in [-0.3, -0.25) is 9.59 Å². The quantitative estimate of drug-likeness (QED) is 0.835. The summed E-state index contributed by atoms with van der Waals surface area (Å²) in [4.78, 5) is 27.0. The maximum absolute atomic E-state index is 13.3. The first-order valence-electron chi connectivity index (χ1n) is 8.76. The van der Waals surface area contributed by atoms with Crippen molar-refractivity contribution in [1.82, 2.24) is 4.90 Å². The van der Waals surface area contributed by atoms with E-state index in [1.54, 1.807) is 30.0 Å². The van der Waals surface area contributed by atoms with Crippen molar-refractivity contribution in [3.05, 3.63) is 58.9 Å². The fourth-order valence-electron chi connectivity index (χ4n) is 2.93. The lowest BCUT2D eigenvalue weighted by molar-refractivity contribution is -0.122. The fraction of sp³-hybridized carbons (Fsp3) is 0.300. The Morgan fingerprint density at radius 1 is 1.19 bits per heavy atom. The number of likely N-dealkylation sites (tertiary alicyclic amines) is 1. The summed E-state index contributed by atoms with van der Waals surface area (Å²) in [7, 11) is 0. The molecular formula is C20H20ClFN2O3. The largest absolute Gasteiger partial charge is 0.481 e. The first-order valence-corrected chi connectivity index (χ1v) is 9.14. The van der Waals surface area contributed by atoms with E-state index in [4.69, 9.17) is 16.3 Å². The molecule has 2 aromatic carbocycles. The highest BCUT2D eigenvalue weighted by Gasteiger charge is 2.24. The molecule has 1 atom stereocenters. The number of hydrogen-bond donors (Lipinski definition) is 1. The average molecular weight is 391 g/mol. The molecule has 0 spiro atoms. The molecule has 0 bridgehead atoms. The van der Waals surface area contributed by atoms with Crippen molar-refractivity contribution in [1.29, 1.82) is 0 Å². The van der Waals surface area contributed by atoms with Crippen LogP contribution in [0.15, 0.2) is 42.5 Å². The predicted molar refractivity (Wildman–Crippen MR) is 102 cm³/mol. The van der Waals surface area contributed by atoms with Gasteiger partial charge in [0.05, 0.1) is 11.3 Å². The molecule has 1 fully saturated rings. The van der Waals surface area contributed by atoms with E-state index in [2.05, 4.69) is 5.32 Å². The van der Waals surface area contributed by atoms with Crippen molar-refractivity contribution in [3.8, 4) is 5.75 Å². The van der Waals surface area contributed by atoms with Crippen LogP contribution >= 0.6 is 11.6 Å². The minimum absolute atomic E-state index is 0.141. The molecule has 1 aliphatic rings. The smallest absolute Gasteiger partial charge is 0.265 e. The normalized spacial score (nSPS) is 14.7. The van der Waals surface area contributed by atoms with Gasteiger partial charge in [-0.1, -0.05) is 17.7 Å². The second kappa shape index (κ2) is 8.39. The standard InChI is InChI=1S/C20H20ClFN2O3/c1-13(27-16-6-4-5-15(22)12-16)19(25)23-18-11-14(21)7-8-17(18)20(26)24-9-2-3-10-24/h4-8,11-13H,2-3,9-10H2,1H3,(H,23,25). The van der Waals surface area contributed by atoms with Crippen LogP contribution in [0.4, 0.5) is 10.1 Å². The summed E-state index contributed by atoms with van der Waals surface area (Å²) < 4.78 is 18.7. The van der Waals surface area contributed by atoms with E-state index in [1.807, 2.05) is 0 Å². The van der Waals surface area contributed by atoms with Crippen molar-refractivity contribution < 1.29 is 18.7 Å². The second-order valence-electron chi connectivity index (χ2n) is 6.40. The molecule has 1 aliphatic heterocycles. The number of rotatable bonds is 5. The molecule has 2 aromatic rings. The van der Waals surface area contributed by atoms with E-state index in [0.29, 0.717) is 29.4 Å². The van der Waals surface area contributed by atoms with Gasteiger partial charge >= 0.3 is 0 Å². The molecule has 1 heterocycles. The lowest BCUT2D eigenvalue weighted by atomic mass is 10.1. The van der Waals surface area contributed by atoms with Gasteiger partial charge in [-0.05, 0) is 50.1 Å². The number of benzene rings is 2. The van der Waals surface area contributed by atoms with Crippen LogP contribution in [0.1, 0.15) is 30.1 Å². The molecule has 2 amide bonds. The van der Waals surface area contributed by atoms with E-state index in [1.165, 1.54) is 24.3 Å². The molecule has 142 valence electrons. The maximum Gasteiger partial charge on any atom is 0.265 e. The molecule has 0 radical (unpaired) electrons. The Hall–Kier alpha value is -2.60. The van der Waals surface area contributed by atoms with Gasteiger partial charge in [-0.15, -0.1) is 0 Å². The van der Waals surface area contributed by atoms with E-state index < -0.39 is 17.8 Å². The van der Waals surface area contributed by atoms with Gasteiger partial charge in [0.1, 0.15) is 11.6 Å². The van der Waals surface area contributed by atoms with Crippen molar-refractivity contribution in [3.63, 3.8) is 0 Å².